The summed E-state index contributed by atoms with van der Waals surface area (Å²) in [5.41, 5.74) is 10.5. The summed E-state index contributed by atoms with van der Waals surface area (Å²) in [6.45, 7) is 0.826. The van der Waals surface area contributed by atoms with Gasteiger partial charge >= 0.3 is 0 Å². The Morgan fingerprint density at radius 1 is 1.40 bits per heavy atom. The third-order valence-corrected chi connectivity index (χ3v) is 4.40. The maximum atomic E-state index is 11.1. The molecular formula is C16H17N3O. The van der Waals surface area contributed by atoms with E-state index in [0.717, 1.165) is 13.0 Å². The van der Waals surface area contributed by atoms with E-state index in [1.807, 2.05) is 0 Å². The van der Waals surface area contributed by atoms with Crippen molar-refractivity contribution in [1.82, 2.24) is 10.3 Å². The molecule has 1 aromatic carbocycles. The fourth-order valence-electron chi connectivity index (χ4n) is 3.56. The predicted octanol–water partition coefficient (Wildman–Crippen LogP) is 1.57. The average Bonchev–Trinajstić information content (AvgIpc) is 2.84. The quantitative estimate of drug-likeness (QED) is 0.773. The van der Waals surface area contributed by atoms with E-state index in [2.05, 4.69) is 40.8 Å². The topological polar surface area (TPSA) is 70.9 Å². The number of H-pyrrole nitrogens is 1. The second-order valence-electron chi connectivity index (χ2n) is 5.76. The van der Waals surface area contributed by atoms with Crippen LogP contribution in [0.1, 0.15) is 17.5 Å². The molecule has 2 aliphatic rings. The molecule has 0 fully saturated rings. The number of nitrogens with two attached hydrogens (primary N) is 1. The number of nitrogens with one attached hydrogen (secondary N) is 2. The van der Waals surface area contributed by atoms with Gasteiger partial charge in [-0.3, -0.25) is 4.79 Å². The maximum absolute atomic E-state index is 11.1. The van der Waals surface area contributed by atoms with Gasteiger partial charge in [0, 0.05) is 36.1 Å². The van der Waals surface area contributed by atoms with Gasteiger partial charge < -0.3 is 16.0 Å². The fourth-order valence-corrected chi connectivity index (χ4v) is 3.56. The monoisotopic (exact) mass is 267 g/mol. The van der Waals surface area contributed by atoms with Crippen molar-refractivity contribution >= 4 is 22.4 Å². The molecule has 4 heteroatoms. The lowest BCUT2D eigenvalue weighted by atomic mass is 9.80. The molecule has 1 aromatic heterocycles. The minimum atomic E-state index is -0.233. The molecule has 1 unspecified atom stereocenters. The van der Waals surface area contributed by atoms with Gasteiger partial charge in [-0.2, -0.15) is 0 Å². The van der Waals surface area contributed by atoms with E-state index < -0.39 is 0 Å². The maximum Gasteiger partial charge on any atom is 0.218 e. The van der Waals surface area contributed by atoms with Gasteiger partial charge in [-0.1, -0.05) is 18.2 Å². The summed E-state index contributed by atoms with van der Waals surface area (Å²) in [6.07, 6.45) is 5.78. The summed E-state index contributed by atoms with van der Waals surface area (Å²) >= 11 is 0. The van der Waals surface area contributed by atoms with Crippen LogP contribution in [0.3, 0.4) is 0 Å². The Labute approximate surface area is 117 Å². The van der Waals surface area contributed by atoms with Crippen molar-refractivity contribution in [2.24, 2.45) is 11.7 Å². The Kier molecular flexibility index (Phi) is 2.47. The predicted molar refractivity (Wildman–Crippen MR) is 79.1 cm³/mol. The third kappa shape index (κ3) is 1.68. The molecule has 20 heavy (non-hydrogen) atoms. The van der Waals surface area contributed by atoms with Gasteiger partial charge in [0.1, 0.15) is 0 Å². The number of carbonyl (C=O) groups excluding carboxylic acids is 1. The largest absolute Gasteiger partial charge is 0.370 e. The van der Waals surface area contributed by atoms with Crippen molar-refractivity contribution in [3.8, 4) is 0 Å². The molecule has 4 N–H and O–H groups in total. The summed E-state index contributed by atoms with van der Waals surface area (Å²) < 4.78 is 0. The standard InChI is InChI=1S/C16H17N3O/c17-15(20)5-9-4-12-11-2-1-3-13-16(11)10(8-19-13)6-14(12)18-7-9/h1-4,8-9,14,18-19H,5-7H2,(H2,17,20)/t9?,14-/m1/s1. The number of carbonyl (C=O) groups is 1. The number of primary amides is 1. The van der Waals surface area contributed by atoms with Crippen molar-refractivity contribution in [1.29, 1.82) is 0 Å². The Morgan fingerprint density at radius 3 is 3.15 bits per heavy atom. The second-order valence-corrected chi connectivity index (χ2v) is 5.76. The molecule has 2 atom stereocenters. The van der Waals surface area contributed by atoms with Crippen LogP contribution in [-0.4, -0.2) is 23.5 Å². The third-order valence-electron chi connectivity index (χ3n) is 4.40. The van der Waals surface area contributed by atoms with Crippen LogP contribution >= 0.6 is 0 Å². The van der Waals surface area contributed by atoms with Gasteiger partial charge in [0.25, 0.3) is 0 Å². The van der Waals surface area contributed by atoms with Crippen LogP contribution in [0.2, 0.25) is 0 Å². The molecule has 0 saturated carbocycles. The number of aromatic nitrogens is 1. The molecule has 2 heterocycles. The van der Waals surface area contributed by atoms with Crippen molar-refractivity contribution < 1.29 is 4.79 Å². The normalized spacial score (nSPS) is 24.3. The van der Waals surface area contributed by atoms with Crippen LogP contribution in [0.4, 0.5) is 0 Å². The van der Waals surface area contributed by atoms with Crippen molar-refractivity contribution in [3.05, 3.63) is 41.6 Å². The molecule has 102 valence electrons. The van der Waals surface area contributed by atoms with E-state index in [-0.39, 0.29) is 11.8 Å². The number of amides is 1. The number of aromatic amines is 1. The van der Waals surface area contributed by atoms with E-state index in [9.17, 15) is 4.79 Å². The Bertz CT molecular complexity index is 728. The first-order valence-corrected chi connectivity index (χ1v) is 7.05. The smallest absolute Gasteiger partial charge is 0.218 e. The van der Waals surface area contributed by atoms with Gasteiger partial charge in [0.2, 0.25) is 5.91 Å². The minimum absolute atomic E-state index is 0.203. The Balaban J connectivity index is 1.84. The lowest BCUT2D eigenvalue weighted by Crippen LogP contribution is -2.41. The zero-order valence-corrected chi connectivity index (χ0v) is 11.1. The van der Waals surface area contributed by atoms with Crippen LogP contribution in [0, 0.1) is 5.92 Å². The molecule has 0 radical (unpaired) electrons. The van der Waals surface area contributed by atoms with E-state index in [0.29, 0.717) is 12.5 Å². The summed E-state index contributed by atoms with van der Waals surface area (Å²) in [7, 11) is 0. The molecule has 1 amide bonds. The first-order valence-electron chi connectivity index (χ1n) is 7.05. The second kappa shape index (κ2) is 4.21. The first kappa shape index (κ1) is 11.7. The van der Waals surface area contributed by atoms with Gasteiger partial charge in [-0.05, 0) is 35.1 Å². The van der Waals surface area contributed by atoms with E-state index in [4.69, 9.17) is 5.73 Å². The number of fused-ring (bicyclic) bond motifs is 2. The first-order chi connectivity index (χ1) is 9.72. The number of hydrogen-bond donors (Lipinski definition) is 3. The summed E-state index contributed by atoms with van der Waals surface area (Å²) in [4.78, 5) is 14.5. The van der Waals surface area contributed by atoms with E-state index >= 15 is 0 Å². The lowest BCUT2D eigenvalue weighted by molar-refractivity contribution is -0.118. The van der Waals surface area contributed by atoms with Gasteiger partial charge in [-0.15, -0.1) is 0 Å². The lowest BCUT2D eigenvalue weighted by Gasteiger charge is -2.33. The van der Waals surface area contributed by atoms with Crippen LogP contribution < -0.4 is 11.1 Å². The Morgan fingerprint density at radius 2 is 2.30 bits per heavy atom. The minimum Gasteiger partial charge on any atom is -0.370 e. The van der Waals surface area contributed by atoms with Gasteiger partial charge in [-0.25, -0.2) is 0 Å². The SMILES string of the molecule is NC(=O)CC1C=C2c3cccc4[nH]cc(c34)C[C@H]2NC1. The summed E-state index contributed by atoms with van der Waals surface area (Å²) in [5.74, 6) is -0.0297. The van der Waals surface area contributed by atoms with E-state index in [1.165, 1.54) is 27.6 Å². The number of hydrogen-bond acceptors (Lipinski definition) is 2. The van der Waals surface area contributed by atoms with Crippen LogP contribution in [0.5, 0.6) is 0 Å². The molecule has 4 rings (SSSR count). The summed E-state index contributed by atoms with van der Waals surface area (Å²) in [6, 6.07) is 6.72. The highest BCUT2D eigenvalue weighted by atomic mass is 16.1. The van der Waals surface area contributed by atoms with Crippen LogP contribution in [-0.2, 0) is 11.2 Å². The van der Waals surface area contributed by atoms with Crippen molar-refractivity contribution in [2.75, 3.05) is 6.54 Å². The highest BCUT2D eigenvalue weighted by Gasteiger charge is 2.30. The molecule has 1 aliphatic heterocycles. The average molecular weight is 267 g/mol. The van der Waals surface area contributed by atoms with Crippen LogP contribution in [0.25, 0.3) is 16.5 Å². The van der Waals surface area contributed by atoms with E-state index in [1.54, 1.807) is 0 Å². The number of benzene rings is 1. The highest BCUT2D eigenvalue weighted by molar-refractivity contribution is 5.98. The zero-order valence-electron chi connectivity index (χ0n) is 11.1. The van der Waals surface area contributed by atoms with Gasteiger partial charge in [0.05, 0.1) is 0 Å². The number of rotatable bonds is 2. The van der Waals surface area contributed by atoms with Crippen LogP contribution in [0.15, 0.2) is 30.5 Å². The fraction of sp³-hybridized carbons (Fsp3) is 0.312. The molecular weight excluding hydrogens is 250 g/mol. The van der Waals surface area contributed by atoms with Crippen molar-refractivity contribution in [3.63, 3.8) is 0 Å². The Hall–Kier alpha value is -2.07. The zero-order chi connectivity index (χ0) is 13.7. The highest BCUT2D eigenvalue weighted by Crippen LogP contribution is 2.38. The molecule has 0 bridgehead atoms. The molecule has 0 saturated heterocycles. The molecule has 0 spiro atoms. The molecule has 4 nitrogen and oxygen atoms in total. The molecule has 1 aliphatic carbocycles. The summed E-state index contributed by atoms with van der Waals surface area (Å²) in [5, 5.41) is 4.89. The van der Waals surface area contributed by atoms with Crippen molar-refractivity contribution in [2.45, 2.75) is 18.9 Å². The molecule has 2 aromatic rings. The van der Waals surface area contributed by atoms with Gasteiger partial charge in [0.15, 0.2) is 0 Å².